The number of benzene rings is 2. The first-order chi connectivity index (χ1) is 16.9. The lowest BCUT2D eigenvalue weighted by Crippen LogP contribution is -2.55. The molecular formula is C28H34N2O5. The van der Waals surface area contributed by atoms with Crippen molar-refractivity contribution in [3.63, 3.8) is 0 Å². The number of amides is 2. The van der Waals surface area contributed by atoms with Gasteiger partial charge in [0.15, 0.2) is 11.5 Å². The molecule has 3 aliphatic heterocycles. The summed E-state index contributed by atoms with van der Waals surface area (Å²) in [5.41, 5.74) is 3.12. The zero-order chi connectivity index (χ0) is 24.4. The van der Waals surface area contributed by atoms with E-state index in [9.17, 15) is 9.59 Å². The number of nitrogens with one attached hydrogen (secondary N) is 1. The standard InChI is InChI=1S/C28H34N2O5/c1-19(2)13-26(31)30-16-21-6-4-3-5-20(21)14-23(30)27(32)29-17-28(9-11-33-12-10-28)22-7-8-24-25(15-22)35-18-34-24/h3-8,15,19,23H,9-14,16-18H2,1-2H3,(H,29,32). The first-order valence-electron chi connectivity index (χ1n) is 12.6. The maximum absolute atomic E-state index is 13.6. The topological polar surface area (TPSA) is 77.1 Å². The number of hydrogen-bond acceptors (Lipinski definition) is 5. The number of rotatable bonds is 6. The second-order valence-electron chi connectivity index (χ2n) is 10.3. The van der Waals surface area contributed by atoms with Crippen LogP contribution in [0.15, 0.2) is 42.5 Å². The normalized spacial score (nSPS) is 20.4. The van der Waals surface area contributed by atoms with Crippen LogP contribution in [-0.4, -0.2) is 49.3 Å². The highest BCUT2D eigenvalue weighted by Crippen LogP contribution is 2.40. The van der Waals surface area contributed by atoms with Crippen LogP contribution in [0.5, 0.6) is 11.5 Å². The molecule has 35 heavy (non-hydrogen) atoms. The SMILES string of the molecule is CC(C)CC(=O)N1Cc2ccccc2CC1C(=O)NCC1(c2ccc3c(c2)OCO3)CCOCC1. The van der Waals surface area contributed by atoms with Crippen LogP contribution in [0.25, 0.3) is 0 Å². The Balaban J connectivity index is 1.36. The van der Waals surface area contributed by atoms with Crippen molar-refractivity contribution in [1.29, 1.82) is 0 Å². The molecule has 1 saturated heterocycles. The van der Waals surface area contributed by atoms with Crippen LogP contribution in [0.4, 0.5) is 0 Å². The molecule has 1 fully saturated rings. The lowest BCUT2D eigenvalue weighted by atomic mass is 9.74. The predicted molar refractivity (Wildman–Crippen MR) is 131 cm³/mol. The molecule has 0 aliphatic carbocycles. The number of hydrogen-bond donors (Lipinski definition) is 1. The summed E-state index contributed by atoms with van der Waals surface area (Å²) in [5.74, 6) is 1.67. The minimum absolute atomic E-state index is 0.0335. The van der Waals surface area contributed by atoms with Crippen molar-refractivity contribution in [1.82, 2.24) is 10.2 Å². The quantitative estimate of drug-likeness (QED) is 0.687. The fourth-order valence-corrected chi connectivity index (χ4v) is 5.42. The van der Waals surface area contributed by atoms with E-state index in [2.05, 4.69) is 23.5 Å². The third-order valence-corrected chi connectivity index (χ3v) is 7.49. The lowest BCUT2D eigenvalue weighted by Gasteiger charge is -2.40. The van der Waals surface area contributed by atoms with E-state index < -0.39 is 6.04 Å². The molecule has 0 saturated carbocycles. The van der Waals surface area contributed by atoms with Crippen LogP contribution in [0, 0.1) is 5.92 Å². The Kier molecular flexibility index (Phi) is 6.69. The number of nitrogens with zero attached hydrogens (tertiary/aromatic N) is 1. The van der Waals surface area contributed by atoms with Gasteiger partial charge in [0.2, 0.25) is 18.6 Å². The number of carbonyl (C=O) groups is 2. The minimum Gasteiger partial charge on any atom is -0.454 e. The fourth-order valence-electron chi connectivity index (χ4n) is 5.42. The molecule has 2 aromatic rings. The summed E-state index contributed by atoms with van der Waals surface area (Å²) in [4.78, 5) is 28.5. The fraction of sp³-hybridized carbons (Fsp3) is 0.500. The Bertz CT molecular complexity index is 1090. The first-order valence-corrected chi connectivity index (χ1v) is 12.6. The molecule has 7 heteroatoms. The molecule has 2 aromatic carbocycles. The molecule has 0 radical (unpaired) electrons. The van der Waals surface area contributed by atoms with Crippen LogP contribution >= 0.6 is 0 Å². The molecule has 0 spiro atoms. The van der Waals surface area contributed by atoms with Gasteiger partial charge in [0.05, 0.1) is 0 Å². The van der Waals surface area contributed by atoms with Crippen LogP contribution < -0.4 is 14.8 Å². The van der Waals surface area contributed by atoms with Gasteiger partial charge in [-0.2, -0.15) is 0 Å². The number of ether oxygens (including phenoxy) is 3. The monoisotopic (exact) mass is 478 g/mol. The minimum atomic E-state index is -0.509. The van der Waals surface area contributed by atoms with Crippen molar-refractivity contribution in [2.24, 2.45) is 5.92 Å². The molecule has 1 unspecified atom stereocenters. The highest BCUT2D eigenvalue weighted by Gasteiger charge is 2.39. The third-order valence-electron chi connectivity index (χ3n) is 7.49. The average molecular weight is 479 g/mol. The van der Waals surface area contributed by atoms with Gasteiger partial charge in [-0.1, -0.05) is 44.2 Å². The Hall–Kier alpha value is -3.06. The summed E-state index contributed by atoms with van der Waals surface area (Å²) in [7, 11) is 0. The molecule has 5 rings (SSSR count). The zero-order valence-corrected chi connectivity index (χ0v) is 20.5. The van der Waals surface area contributed by atoms with Gasteiger partial charge in [-0.25, -0.2) is 0 Å². The van der Waals surface area contributed by atoms with Gasteiger partial charge in [0.1, 0.15) is 6.04 Å². The van der Waals surface area contributed by atoms with Gasteiger partial charge in [-0.05, 0) is 47.6 Å². The zero-order valence-electron chi connectivity index (χ0n) is 20.5. The van der Waals surface area contributed by atoms with E-state index in [-0.39, 0.29) is 29.9 Å². The Morgan fingerprint density at radius 3 is 2.57 bits per heavy atom. The first kappa shape index (κ1) is 23.7. The van der Waals surface area contributed by atoms with Crippen molar-refractivity contribution in [2.75, 3.05) is 26.6 Å². The van der Waals surface area contributed by atoms with Crippen molar-refractivity contribution >= 4 is 11.8 Å². The van der Waals surface area contributed by atoms with Gasteiger partial charge in [0, 0.05) is 44.6 Å². The molecule has 3 heterocycles. The molecule has 186 valence electrons. The van der Waals surface area contributed by atoms with Crippen LogP contribution in [0.3, 0.4) is 0 Å². The predicted octanol–water partition coefficient (Wildman–Crippen LogP) is 3.58. The summed E-state index contributed by atoms with van der Waals surface area (Å²) < 4.78 is 16.8. The van der Waals surface area contributed by atoms with Crippen LogP contribution in [-0.2, 0) is 32.7 Å². The highest BCUT2D eigenvalue weighted by molar-refractivity contribution is 5.88. The van der Waals surface area contributed by atoms with Crippen molar-refractivity contribution in [2.45, 2.75) is 57.5 Å². The molecule has 1 N–H and O–H groups in total. The van der Waals surface area contributed by atoms with Gasteiger partial charge >= 0.3 is 0 Å². The van der Waals surface area contributed by atoms with E-state index in [1.54, 1.807) is 4.90 Å². The largest absolute Gasteiger partial charge is 0.454 e. The van der Waals surface area contributed by atoms with E-state index in [1.807, 2.05) is 38.1 Å². The third kappa shape index (κ3) is 4.87. The number of fused-ring (bicyclic) bond motifs is 2. The van der Waals surface area contributed by atoms with E-state index >= 15 is 0 Å². The van der Waals surface area contributed by atoms with E-state index in [4.69, 9.17) is 14.2 Å². The Labute approximate surface area is 206 Å². The summed E-state index contributed by atoms with van der Waals surface area (Å²) >= 11 is 0. The molecule has 3 aliphatic rings. The maximum atomic E-state index is 13.6. The molecule has 0 bridgehead atoms. The summed E-state index contributed by atoms with van der Waals surface area (Å²) in [6.07, 6.45) is 2.57. The second-order valence-corrected chi connectivity index (χ2v) is 10.3. The molecule has 0 aromatic heterocycles. The van der Waals surface area contributed by atoms with Crippen molar-refractivity contribution in [3.05, 3.63) is 59.2 Å². The molecule has 2 amide bonds. The number of carbonyl (C=O) groups excluding carboxylic acids is 2. The van der Waals surface area contributed by atoms with Crippen LogP contribution in [0.2, 0.25) is 0 Å². The lowest BCUT2D eigenvalue weighted by molar-refractivity contribution is -0.142. The van der Waals surface area contributed by atoms with E-state index in [0.29, 0.717) is 39.1 Å². The summed E-state index contributed by atoms with van der Waals surface area (Å²) in [6.45, 7) is 6.53. The van der Waals surface area contributed by atoms with Gasteiger partial charge in [-0.3, -0.25) is 9.59 Å². The average Bonchev–Trinajstić information content (AvgIpc) is 3.35. The van der Waals surface area contributed by atoms with Crippen LogP contribution in [0.1, 0.15) is 49.8 Å². The van der Waals surface area contributed by atoms with E-state index in [1.165, 1.54) is 0 Å². The second kappa shape index (κ2) is 9.90. The van der Waals surface area contributed by atoms with E-state index in [0.717, 1.165) is 41.0 Å². The molecule has 1 atom stereocenters. The van der Waals surface area contributed by atoms with Gasteiger partial charge in [0.25, 0.3) is 0 Å². The summed E-state index contributed by atoms with van der Waals surface area (Å²) in [5, 5.41) is 3.24. The smallest absolute Gasteiger partial charge is 0.243 e. The Morgan fingerprint density at radius 1 is 1.06 bits per heavy atom. The highest BCUT2D eigenvalue weighted by atomic mass is 16.7. The molecule has 7 nitrogen and oxygen atoms in total. The van der Waals surface area contributed by atoms with Gasteiger partial charge in [-0.15, -0.1) is 0 Å². The summed E-state index contributed by atoms with van der Waals surface area (Å²) in [6, 6.07) is 13.6. The Morgan fingerprint density at radius 2 is 1.80 bits per heavy atom. The maximum Gasteiger partial charge on any atom is 0.243 e. The molecular weight excluding hydrogens is 444 g/mol. The van der Waals surface area contributed by atoms with Gasteiger partial charge < -0.3 is 24.4 Å². The van der Waals surface area contributed by atoms with Crippen molar-refractivity contribution in [3.8, 4) is 11.5 Å². The van der Waals surface area contributed by atoms with Crippen molar-refractivity contribution < 1.29 is 23.8 Å².